The summed E-state index contributed by atoms with van der Waals surface area (Å²) >= 11 is 2.39. The van der Waals surface area contributed by atoms with Crippen LogP contribution in [0.2, 0.25) is 0 Å². The Hall–Kier alpha value is 0.170. The number of rotatable bonds is 2. The highest BCUT2D eigenvalue weighted by atomic mass is 127. The first-order valence-electron chi connectivity index (χ1n) is 3.75. The summed E-state index contributed by atoms with van der Waals surface area (Å²) in [6, 6.07) is 0. The molecule has 0 saturated heterocycles. The molecule has 1 rings (SSSR count). The van der Waals surface area contributed by atoms with Crippen LogP contribution < -0.4 is 0 Å². The highest BCUT2D eigenvalue weighted by Crippen LogP contribution is 2.23. The maximum absolute atomic E-state index is 5.30. The number of allylic oxidation sites excluding steroid dienone is 2. The van der Waals surface area contributed by atoms with Crippen LogP contribution in [-0.2, 0) is 4.74 Å². The molecule has 0 radical (unpaired) electrons. The number of methoxy groups -OCH3 is 1. The molecule has 0 aromatic heterocycles. The van der Waals surface area contributed by atoms with E-state index in [1.807, 2.05) is 0 Å². The van der Waals surface area contributed by atoms with E-state index in [1.54, 1.807) is 7.11 Å². The summed E-state index contributed by atoms with van der Waals surface area (Å²) in [4.78, 5) is 0. The van der Waals surface area contributed by atoms with E-state index in [9.17, 15) is 0 Å². The molecular weight excluding hydrogens is 251 g/mol. The monoisotopic (exact) mass is 264 g/mol. The summed E-state index contributed by atoms with van der Waals surface area (Å²) in [5.74, 6) is 0.543. The lowest BCUT2D eigenvalue weighted by molar-refractivity contribution is 0.108. The Labute approximate surface area is 81.6 Å². The molecule has 2 heteroatoms. The van der Waals surface area contributed by atoms with Gasteiger partial charge in [0.2, 0.25) is 0 Å². The molecule has 1 nitrogen and oxygen atoms in total. The van der Waals surface area contributed by atoms with Crippen molar-refractivity contribution in [3.8, 4) is 0 Å². The van der Waals surface area contributed by atoms with E-state index in [1.165, 1.54) is 5.57 Å². The molecule has 2 unspecified atom stereocenters. The van der Waals surface area contributed by atoms with Gasteiger partial charge in [0.1, 0.15) is 0 Å². The van der Waals surface area contributed by atoms with Gasteiger partial charge in [-0.15, -0.1) is 0 Å². The molecule has 0 aromatic rings. The Kier molecular flexibility index (Phi) is 3.59. The number of hydrogen-bond acceptors (Lipinski definition) is 1. The number of halogens is 1. The van der Waals surface area contributed by atoms with Gasteiger partial charge in [-0.2, -0.15) is 0 Å². The fourth-order valence-corrected chi connectivity index (χ4v) is 2.22. The van der Waals surface area contributed by atoms with E-state index in [2.05, 4.69) is 47.7 Å². The molecule has 0 N–H and O–H groups in total. The van der Waals surface area contributed by atoms with E-state index in [0.717, 1.165) is 4.43 Å². The smallest absolute Gasteiger partial charge is 0.0818 e. The molecule has 1 aliphatic carbocycles. The SMILES string of the molecule is COC1C=CC=C(CI)C1C. The third kappa shape index (κ3) is 2.06. The zero-order valence-corrected chi connectivity index (χ0v) is 9.04. The third-order valence-corrected chi connectivity index (χ3v) is 3.00. The molecule has 0 saturated carbocycles. The number of alkyl halides is 1. The lowest BCUT2D eigenvalue weighted by atomic mass is 9.92. The van der Waals surface area contributed by atoms with Gasteiger partial charge in [0.15, 0.2) is 0 Å². The lowest BCUT2D eigenvalue weighted by Crippen LogP contribution is -2.22. The average Bonchev–Trinajstić information content (AvgIpc) is 2.05. The van der Waals surface area contributed by atoms with Gasteiger partial charge in [0, 0.05) is 17.5 Å². The van der Waals surface area contributed by atoms with Gasteiger partial charge in [-0.3, -0.25) is 0 Å². The standard InChI is InChI=1S/C9H13IO/c1-7-8(6-10)4-3-5-9(7)11-2/h3-5,7,9H,6H2,1-2H3. The van der Waals surface area contributed by atoms with Crippen LogP contribution in [0.15, 0.2) is 23.8 Å². The molecule has 11 heavy (non-hydrogen) atoms. The van der Waals surface area contributed by atoms with Crippen molar-refractivity contribution in [2.45, 2.75) is 13.0 Å². The van der Waals surface area contributed by atoms with Crippen molar-refractivity contribution >= 4 is 22.6 Å². The number of ether oxygens (including phenoxy) is 1. The van der Waals surface area contributed by atoms with Crippen LogP contribution >= 0.6 is 22.6 Å². The van der Waals surface area contributed by atoms with Crippen LogP contribution in [0, 0.1) is 5.92 Å². The molecule has 0 heterocycles. The predicted octanol–water partition coefficient (Wildman–Crippen LogP) is 2.57. The van der Waals surface area contributed by atoms with E-state index >= 15 is 0 Å². The highest BCUT2D eigenvalue weighted by molar-refractivity contribution is 14.1. The second-order valence-corrected chi connectivity index (χ2v) is 3.51. The maximum Gasteiger partial charge on any atom is 0.0818 e. The zero-order chi connectivity index (χ0) is 8.27. The second kappa shape index (κ2) is 4.26. The van der Waals surface area contributed by atoms with Crippen molar-refractivity contribution in [1.82, 2.24) is 0 Å². The van der Waals surface area contributed by atoms with Crippen LogP contribution in [0.3, 0.4) is 0 Å². The van der Waals surface area contributed by atoms with Gasteiger partial charge in [-0.25, -0.2) is 0 Å². The van der Waals surface area contributed by atoms with Crippen molar-refractivity contribution < 1.29 is 4.74 Å². The van der Waals surface area contributed by atoms with E-state index in [-0.39, 0.29) is 6.10 Å². The minimum absolute atomic E-state index is 0.282. The van der Waals surface area contributed by atoms with Gasteiger partial charge in [0.25, 0.3) is 0 Å². The van der Waals surface area contributed by atoms with Crippen LogP contribution in [0.1, 0.15) is 6.92 Å². The van der Waals surface area contributed by atoms with Crippen LogP contribution in [-0.4, -0.2) is 17.6 Å². The van der Waals surface area contributed by atoms with E-state index in [0.29, 0.717) is 5.92 Å². The summed E-state index contributed by atoms with van der Waals surface area (Å²) in [5, 5.41) is 0. The lowest BCUT2D eigenvalue weighted by Gasteiger charge is -2.23. The molecule has 2 atom stereocenters. The van der Waals surface area contributed by atoms with Gasteiger partial charge in [0.05, 0.1) is 6.10 Å². The first-order chi connectivity index (χ1) is 5.29. The second-order valence-electron chi connectivity index (χ2n) is 2.75. The third-order valence-electron chi connectivity index (χ3n) is 2.12. The van der Waals surface area contributed by atoms with Crippen molar-refractivity contribution in [3.63, 3.8) is 0 Å². The fraction of sp³-hybridized carbons (Fsp3) is 0.556. The minimum atomic E-state index is 0.282. The van der Waals surface area contributed by atoms with Crippen molar-refractivity contribution in [2.24, 2.45) is 5.92 Å². The van der Waals surface area contributed by atoms with Crippen LogP contribution in [0.25, 0.3) is 0 Å². The molecule has 0 aliphatic heterocycles. The normalized spacial score (nSPS) is 30.3. The summed E-state index contributed by atoms with van der Waals surface area (Å²) in [5.41, 5.74) is 1.47. The molecule has 0 aromatic carbocycles. The Morgan fingerprint density at radius 3 is 2.91 bits per heavy atom. The van der Waals surface area contributed by atoms with E-state index < -0.39 is 0 Å². The first kappa shape index (κ1) is 9.26. The Morgan fingerprint density at radius 2 is 2.36 bits per heavy atom. The van der Waals surface area contributed by atoms with Crippen LogP contribution in [0.4, 0.5) is 0 Å². The average molecular weight is 264 g/mol. The van der Waals surface area contributed by atoms with Gasteiger partial charge >= 0.3 is 0 Å². The Bertz CT molecular complexity index is 184. The quantitative estimate of drug-likeness (QED) is 0.550. The number of hydrogen-bond donors (Lipinski definition) is 0. The topological polar surface area (TPSA) is 9.23 Å². The Morgan fingerprint density at radius 1 is 1.64 bits per heavy atom. The van der Waals surface area contributed by atoms with Crippen LogP contribution in [0.5, 0.6) is 0 Å². The highest BCUT2D eigenvalue weighted by Gasteiger charge is 2.18. The molecule has 0 amide bonds. The molecular formula is C9H13IO. The van der Waals surface area contributed by atoms with Gasteiger partial charge in [-0.05, 0) is 0 Å². The minimum Gasteiger partial charge on any atom is -0.377 e. The molecule has 0 fully saturated rings. The molecule has 62 valence electrons. The summed E-state index contributed by atoms with van der Waals surface area (Å²) in [7, 11) is 1.77. The van der Waals surface area contributed by atoms with Crippen molar-refractivity contribution in [1.29, 1.82) is 0 Å². The summed E-state index contributed by atoms with van der Waals surface area (Å²) in [6.45, 7) is 2.21. The summed E-state index contributed by atoms with van der Waals surface area (Å²) < 4.78 is 6.40. The van der Waals surface area contributed by atoms with Crippen molar-refractivity contribution in [2.75, 3.05) is 11.5 Å². The van der Waals surface area contributed by atoms with E-state index in [4.69, 9.17) is 4.74 Å². The largest absolute Gasteiger partial charge is 0.377 e. The first-order valence-corrected chi connectivity index (χ1v) is 5.28. The molecule has 0 spiro atoms. The Balaban J connectivity index is 2.68. The van der Waals surface area contributed by atoms with Gasteiger partial charge < -0.3 is 4.74 Å². The van der Waals surface area contributed by atoms with Crippen molar-refractivity contribution in [3.05, 3.63) is 23.8 Å². The fourth-order valence-electron chi connectivity index (χ4n) is 1.27. The van der Waals surface area contributed by atoms with Gasteiger partial charge in [-0.1, -0.05) is 53.3 Å². The molecule has 1 aliphatic rings. The maximum atomic E-state index is 5.30. The summed E-state index contributed by atoms with van der Waals surface area (Å²) in [6.07, 6.45) is 6.67. The predicted molar refractivity (Wildman–Crippen MR) is 56.1 cm³/mol. The zero-order valence-electron chi connectivity index (χ0n) is 6.88. The molecule has 0 bridgehead atoms.